The van der Waals surface area contributed by atoms with E-state index in [-0.39, 0.29) is 6.10 Å². The molecule has 0 spiro atoms. The standard InChI is InChI=1S/C19H21NO.C5H11NO/c1-13(2)21-12-15-5-4-6-16(10-15)17-7-8-19-18(11-17)9-14(3)20-19;7-4-5-2-1-3-6-5/h4-11,13,20H,12H2,1-3H3;5-7H,1-4H2. The molecule has 1 aromatic heterocycles. The molecule has 4 rings (SSSR count). The highest BCUT2D eigenvalue weighted by atomic mass is 16.5. The summed E-state index contributed by atoms with van der Waals surface area (Å²) >= 11 is 0. The Balaban J connectivity index is 0.000000271. The van der Waals surface area contributed by atoms with E-state index in [1.54, 1.807) is 0 Å². The predicted octanol–water partition coefficient (Wildman–Crippen LogP) is 4.80. The number of aromatic nitrogens is 1. The zero-order chi connectivity index (χ0) is 19.9. The maximum absolute atomic E-state index is 8.50. The number of hydrogen-bond acceptors (Lipinski definition) is 3. The van der Waals surface area contributed by atoms with Crippen LogP contribution in [0, 0.1) is 6.92 Å². The van der Waals surface area contributed by atoms with Crippen LogP contribution in [-0.2, 0) is 11.3 Å². The first-order valence-corrected chi connectivity index (χ1v) is 10.2. The molecule has 3 aromatic rings. The number of H-pyrrole nitrogens is 1. The number of aromatic amines is 1. The fourth-order valence-corrected chi connectivity index (χ4v) is 3.47. The summed E-state index contributed by atoms with van der Waals surface area (Å²) in [6.07, 6.45) is 2.63. The van der Waals surface area contributed by atoms with Gasteiger partial charge in [0.15, 0.2) is 0 Å². The first-order valence-electron chi connectivity index (χ1n) is 10.2. The lowest BCUT2D eigenvalue weighted by Gasteiger charge is -2.09. The predicted molar refractivity (Wildman–Crippen MR) is 117 cm³/mol. The van der Waals surface area contributed by atoms with Gasteiger partial charge in [0.1, 0.15) is 0 Å². The van der Waals surface area contributed by atoms with E-state index in [0.29, 0.717) is 19.3 Å². The lowest BCUT2D eigenvalue weighted by Crippen LogP contribution is -2.24. The third kappa shape index (κ3) is 5.68. The summed E-state index contributed by atoms with van der Waals surface area (Å²) in [7, 11) is 0. The van der Waals surface area contributed by atoms with Gasteiger partial charge in [0, 0.05) is 22.6 Å². The highest BCUT2D eigenvalue weighted by Gasteiger charge is 2.10. The first-order chi connectivity index (χ1) is 13.5. The summed E-state index contributed by atoms with van der Waals surface area (Å²) in [5.41, 5.74) is 6.08. The number of hydrogen-bond donors (Lipinski definition) is 3. The van der Waals surface area contributed by atoms with Crippen LogP contribution in [0.3, 0.4) is 0 Å². The van der Waals surface area contributed by atoms with Crippen molar-refractivity contribution in [2.45, 2.75) is 52.4 Å². The second kappa shape index (κ2) is 9.87. The van der Waals surface area contributed by atoms with Gasteiger partial charge in [-0.05, 0) is 81.1 Å². The summed E-state index contributed by atoms with van der Waals surface area (Å²) in [6.45, 7) is 8.27. The Bertz CT molecular complexity index is 879. The Morgan fingerprint density at radius 1 is 1.11 bits per heavy atom. The maximum Gasteiger partial charge on any atom is 0.0720 e. The molecule has 28 heavy (non-hydrogen) atoms. The average Bonchev–Trinajstić information content (AvgIpc) is 3.35. The fraction of sp³-hybridized carbons (Fsp3) is 0.417. The Kier molecular flexibility index (Phi) is 7.26. The molecular weight excluding hydrogens is 348 g/mol. The molecule has 4 nitrogen and oxygen atoms in total. The van der Waals surface area contributed by atoms with Crippen molar-refractivity contribution in [3.8, 4) is 11.1 Å². The first kappa shape index (κ1) is 20.6. The van der Waals surface area contributed by atoms with Crippen LogP contribution in [0.25, 0.3) is 22.0 Å². The van der Waals surface area contributed by atoms with E-state index in [0.717, 1.165) is 13.0 Å². The Hall–Kier alpha value is -2.14. The summed E-state index contributed by atoms with van der Waals surface area (Å²) in [6, 6.07) is 17.7. The summed E-state index contributed by atoms with van der Waals surface area (Å²) < 4.78 is 5.69. The number of rotatable bonds is 5. The normalized spacial score (nSPS) is 16.4. The van der Waals surface area contributed by atoms with E-state index in [1.807, 2.05) is 0 Å². The largest absolute Gasteiger partial charge is 0.395 e. The molecule has 1 unspecified atom stereocenters. The number of fused-ring (bicyclic) bond motifs is 1. The molecule has 3 N–H and O–H groups in total. The lowest BCUT2D eigenvalue weighted by atomic mass is 10.0. The quantitative estimate of drug-likeness (QED) is 0.596. The molecule has 1 fully saturated rings. The van der Waals surface area contributed by atoms with Crippen LogP contribution in [0.2, 0.25) is 0 Å². The molecular formula is C24H32N2O2. The SMILES string of the molecule is Cc1cc2cc(-c3cccc(COC(C)C)c3)ccc2[nH]1.OCC1CCCN1. The topological polar surface area (TPSA) is 57.3 Å². The summed E-state index contributed by atoms with van der Waals surface area (Å²) in [4.78, 5) is 3.36. The number of benzene rings is 2. The van der Waals surface area contributed by atoms with Gasteiger partial charge in [-0.15, -0.1) is 0 Å². The summed E-state index contributed by atoms with van der Waals surface area (Å²) in [5.74, 6) is 0. The van der Waals surface area contributed by atoms with E-state index in [4.69, 9.17) is 9.84 Å². The molecule has 0 aliphatic carbocycles. The lowest BCUT2D eigenvalue weighted by molar-refractivity contribution is 0.0657. The average molecular weight is 381 g/mol. The Morgan fingerprint density at radius 3 is 2.61 bits per heavy atom. The number of aryl methyl sites for hydroxylation is 1. The minimum absolute atomic E-state index is 0.257. The molecule has 1 aliphatic rings. The van der Waals surface area contributed by atoms with Crippen molar-refractivity contribution in [1.29, 1.82) is 0 Å². The minimum Gasteiger partial charge on any atom is -0.395 e. The van der Waals surface area contributed by atoms with Gasteiger partial charge >= 0.3 is 0 Å². The van der Waals surface area contributed by atoms with Crippen molar-refractivity contribution in [1.82, 2.24) is 10.3 Å². The number of nitrogens with one attached hydrogen (secondary N) is 2. The van der Waals surface area contributed by atoms with Gasteiger partial charge in [0.2, 0.25) is 0 Å². The van der Waals surface area contributed by atoms with E-state index >= 15 is 0 Å². The van der Waals surface area contributed by atoms with Gasteiger partial charge in [-0.1, -0.05) is 24.3 Å². The van der Waals surface area contributed by atoms with Gasteiger partial charge < -0.3 is 20.1 Å². The highest BCUT2D eigenvalue weighted by Crippen LogP contribution is 2.25. The van der Waals surface area contributed by atoms with E-state index in [2.05, 4.69) is 79.6 Å². The van der Waals surface area contributed by atoms with Gasteiger partial charge in [-0.2, -0.15) is 0 Å². The molecule has 1 aliphatic heterocycles. The van der Waals surface area contributed by atoms with Gasteiger partial charge in [0.25, 0.3) is 0 Å². The summed E-state index contributed by atoms with van der Waals surface area (Å²) in [5, 5.41) is 12.9. The van der Waals surface area contributed by atoms with Crippen LogP contribution in [-0.4, -0.2) is 35.4 Å². The van der Waals surface area contributed by atoms with Crippen LogP contribution >= 0.6 is 0 Å². The second-order valence-corrected chi connectivity index (χ2v) is 7.79. The van der Waals surface area contributed by atoms with Crippen LogP contribution in [0.4, 0.5) is 0 Å². The molecule has 2 aromatic carbocycles. The molecule has 0 bridgehead atoms. The molecule has 4 heteroatoms. The molecule has 1 atom stereocenters. The fourth-order valence-electron chi connectivity index (χ4n) is 3.47. The molecule has 1 saturated heterocycles. The van der Waals surface area contributed by atoms with Crippen molar-refractivity contribution in [3.63, 3.8) is 0 Å². The van der Waals surface area contributed by atoms with Crippen molar-refractivity contribution >= 4 is 10.9 Å². The smallest absolute Gasteiger partial charge is 0.0720 e. The van der Waals surface area contributed by atoms with Gasteiger partial charge in [-0.25, -0.2) is 0 Å². The number of ether oxygens (including phenoxy) is 1. The third-order valence-electron chi connectivity index (χ3n) is 4.98. The number of aliphatic hydroxyl groups excluding tert-OH is 1. The monoisotopic (exact) mass is 380 g/mol. The molecule has 0 amide bonds. The van der Waals surface area contributed by atoms with E-state index in [9.17, 15) is 0 Å². The van der Waals surface area contributed by atoms with Gasteiger partial charge in [-0.3, -0.25) is 0 Å². The zero-order valence-electron chi connectivity index (χ0n) is 17.2. The second-order valence-electron chi connectivity index (χ2n) is 7.79. The molecule has 0 radical (unpaired) electrons. The van der Waals surface area contributed by atoms with Crippen LogP contribution < -0.4 is 5.32 Å². The zero-order valence-corrected chi connectivity index (χ0v) is 17.2. The van der Waals surface area contributed by atoms with Crippen LogP contribution in [0.15, 0.2) is 48.5 Å². The minimum atomic E-state index is 0.257. The number of aliphatic hydroxyl groups is 1. The van der Waals surface area contributed by atoms with Gasteiger partial charge in [0.05, 0.1) is 19.3 Å². The van der Waals surface area contributed by atoms with Crippen molar-refractivity contribution in [2.75, 3.05) is 13.2 Å². The Morgan fingerprint density at radius 2 is 1.93 bits per heavy atom. The van der Waals surface area contributed by atoms with Crippen molar-refractivity contribution < 1.29 is 9.84 Å². The van der Waals surface area contributed by atoms with Crippen molar-refractivity contribution in [3.05, 3.63) is 59.8 Å². The van der Waals surface area contributed by atoms with Crippen LogP contribution in [0.1, 0.15) is 37.9 Å². The van der Waals surface area contributed by atoms with Crippen molar-refractivity contribution in [2.24, 2.45) is 0 Å². The van der Waals surface area contributed by atoms with E-state index < -0.39 is 0 Å². The Labute approximate surface area is 167 Å². The molecule has 0 saturated carbocycles. The third-order valence-corrected chi connectivity index (χ3v) is 4.98. The van der Waals surface area contributed by atoms with E-state index in [1.165, 1.54) is 39.7 Å². The molecule has 150 valence electrons. The molecule has 2 heterocycles. The highest BCUT2D eigenvalue weighted by molar-refractivity contribution is 5.85. The van der Waals surface area contributed by atoms with Crippen LogP contribution in [0.5, 0.6) is 0 Å². The maximum atomic E-state index is 8.50.